The number of allylic oxidation sites excluding steroid dienone is 4. The van der Waals surface area contributed by atoms with Gasteiger partial charge in [-0.25, -0.2) is 0 Å². The highest BCUT2D eigenvalue weighted by Gasteiger charge is 2.41. The van der Waals surface area contributed by atoms with E-state index >= 15 is 0 Å². The molecule has 5 heteroatoms. The second-order valence-corrected chi connectivity index (χ2v) is 7.46. The number of halogens is 1. The van der Waals surface area contributed by atoms with Crippen LogP contribution in [-0.2, 0) is 14.3 Å². The van der Waals surface area contributed by atoms with Crippen molar-refractivity contribution in [3.63, 3.8) is 0 Å². The summed E-state index contributed by atoms with van der Waals surface area (Å²) in [6.07, 6.45) is 5.67. The molecule has 0 unspecified atom stereocenters. The molecule has 1 aromatic carbocycles. The third-order valence-corrected chi connectivity index (χ3v) is 5.58. The number of carbonyl (C=O) groups excluding carboxylic acids is 2. The molecule has 0 fully saturated rings. The Morgan fingerprint density at radius 3 is 2.26 bits per heavy atom. The lowest BCUT2D eigenvalue weighted by Gasteiger charge is -2.36. The second-order valence-electron chi connectivity index (χ2n) is 7.05. The largest absolute Gasteiger partial charge is 0.488 e. The highest BCUT2D eigenvalue weighted by atomic mass is 35.5. The summed E-state index contributed by atoms with van der Waals surface area (Å²) in [5.41, 5.74) is 2.09. The number of carbonyl (C=O) groups is 2. The minimum absolute atomic E-state index is 0.0641. The molecule has 0 atom stereocenters. The molecule has 0 radical (unpaired) electrons. The molecule has 140 valence electrons. The van der Waals surface area contributed by atoms with Gasteiger partial charge in [0.15, 0.2) is 11.6 Å². The average molecular weight is 385 g/mol. The van der Waals surface area contributed by atoms with Crippen molar-refractivity contribution in [1.82, 2.24) is 0 Å². The van der Waals surface area contributed by atoms with Crippen LogP contribution < -0.4 is 4.74 Å². The van der Waals surface area contributed by atoms with E-state index in [1.54, 1.807) is 18.2 Å². The van der Waals surface area contributed by atoms with Gasteiger partial charge in [-0.2, -0.15) is 0 Å². The molecule has 1 heterocycles. The van der Waals surface area contributed by atoms with Gasteiger partial charge in [0.2, 0.25) is 0 Å². The zero-order valence-corrected chi connectivity index (χ0v) is 15.8. The summed E-state index contributed by atoms with van der Waals surface area (Å²) in [4.78, 5) is 25.5. The molecule has 1 aliphatic heterocycles. The normalized spacial score (nSPS) is 20.2. The summed E-state index contributed by atoms with van der Waals surface area (Å²) in [6.45, 7) is 3.99. The Kier molecular flexibility index (Phi) is 4.92. The predicted octanol–water partition coefficient (Wildman–Crippen LogP) is 5.03. The number of ketones is 2. The van der Waals surface area contributed by atoms with E-state index in [2.05, 4.69) is 6.58 Å². The summed E-state index contributed by atoms with van der Waals surface area (Å²) in [6, 6.07) is 5.48. The Morgan fingerprint density at radius 1 is 1.07 bits per heavy atom. The number of benzene rings is 1. The van der Waals surface area contributed by atoms with Gasteiger partial charge in [0, 0.05) is 42.7 Å². The Bertz CT molecular complexity index is 852. The lowest BCUT2D eigenvalue weighted by atomic mass is 9.73. The van der Waals surface area contributed by atoms with Crippen LogP contribution in [-0.4, -0.2) is 18.2 Å². The zero-order valence-electron chi connectivity index (χ0n) is 15.1. The fourth-order valence-corrected chi connectivity index (χ4v) is 4.36. The van der Waals surface area contributed by atoms with E-state index < -0.39 is 5.92 Å². The molecule has 0 saturated carbocycles. The maximum absolute atomic E-state index is 12.7. The van der Waals surface area contributed by atoms with Crippen molar-refractivity contribution < 1.29 is 19.1 Å². The Hall–Kier alpha value is -2.33. The van der Waals surface area contributed by atoms with E-state index in [0.717, 1.165) is 42.8 Å². The fraction of sp³-hybridized carbons (Fsp3) is 0.364. The Labute approximate surface area is 163 Å². The second kappa shape index (κ2) is 7.35. The fourth-order valence-electron chi connectivity index (χ4n) is 4.11. The van der Waals surface area contributed by atoms with Crippen molar-refractivity contribution in [2.45, 2.75) is 44.4 Å². The van der Waals surface area contributed by atoms with Gasteiger partial charge in [0.05, 0.1) is 5.02 Å². The highest BCUT2D eigenvalue weighted by molar-refractivity contribution is 6.32. The summed E-state index contributed by atoms with van der Waals surface area (Å²) in [5, 5.41) is 0.455. The molecular formula is C22H21ClO4. The predicted molar refractivity (Wildman–Crippen MR) is 103 cm³/mol. The SMILES string of the molecule is C=CCOc1ccc(C2C3=C(CCCC3=O)OC3=C2C(=O)CCC3)cc1Cl. The average Bonchev–Trinajstić information content (AvgIpc) is 2.66. The first-order valence-electron chi connectivity index (χ1n) is 9.33. The van der Waals surface area contributed by atoms with Crippen LogP contribution in [0.5, 0.6) is 5.75 Å². The van der Waals surface area contributed by atoms with Crippen molar-refractivity contribution in [2.75, 3.05) is 6.61 Å². The number of ether oxygens (including phenoxy) is 2. The number of Topliss-reactive ketones (excluding diaryl/α,β-unsaturated/α-hetero) is 2. The Morgan fingerprint density at radius 2 is 1.70 bits per heavy atom. The van der Waals surface area contributed by atoms with Crippen LogP contribution in [0.25, 0.3) is 0 Å². The molecule has 0 N–H and O–H groups in total. The third kappa shape index (κ3) is 3.23. The van der Waals surface area contributed by atoms with E-state index in [9.17, 15) is 9.59 Å². The molecule has 3 aliphatic rings. The van der Waals surface area contributed by atoms with E-state index in [4.69, 9.17) is 21.1 Å². The van der Waals surface area contributed by atoms with E-state index in [-0.39, 0.29) is 11.6 Å². The van der Waals surface area contributed by atoms with Crippen molar-refractivity contribution >= 4 is 23.2 Å². The molecule has 4 rings (SSSR count). The first-order chi connectivity index (χ1) is 13.1. The van der Waals surface area contributed by atoms with Crippen LogP contribution in [0.15, 0.2) is 53.5 Å². The zero-order chi connectivity index (χ0) is 19.0. The van der Waals surface area contributed by atoms with E-state index in [1.165, 1.54) is 0 Å². The molecule has 0 aromatic heterocycles. The molecule has 0 saturated heterocycles. The molecule has 0 bridgehead atoms. The molecular weight excluding hydrogens is 364 g/mol. The Balaban J connectivity index is 1.82. The number of hydrogen-bond acceptors (Lipinski definition) is 4. The quantitative estimate of drug-likeness (QED) is 0.683. The highest BCUT2D eigenvalue weighted by Crippen LogP contribution is 2.48. The van der Waals surface area contributed by atoms with E-state index in [0.29, 0.717) is 41.4 Å². The van der Waals surface area contributed by atoms with Gasteiger partial charge < -0.3 is 9.47 Å². The molecule has 2 aliphatic carbocycles. The molecule has 0 amide bonds. The van der Waals surface area contributed by atoms with Crippen molar-refractivity contribution in [1.29, 1.82) is 0 Å². The van der Waals surface area contributed by atoms with Gasteiger partial charge in [-0.1, -0.05) is 30.3 Å². The van der Waals surface area contributed by atoms with Crippen molar-refractivity contribution in [3.05, 3.63) is 64.1 Å². The summed E-state index contributed by atoms with van der Waals surface area (Å²) >= 11 is 6.41. The van der Waals surface area contributed by atoms with Crippen LogP contribution in [0.3, 0.4) is 0 Å². The van der Waals surface area contributed by atoms with Crippen LogP contribution in [0.4, 0.5) is 0 Å². The third-order valence-electron chi connectivity index (χ3n) is 5.29. The minimum atomic E-state index is -0.393. The summed E-state index contributed by atoms with van der Waals surface area (Å²) in [5.74, 6) is 1.75. The summed E-state index contributed by atoms with van der Waals surface area (Å²) in [7, 11) is 0. The molecule has 1 aromatic rings. The van der Waals surface area contributed by atoms with Crippen molar-refractivity contribution in [3.8, 4) is 5.75 Å². The van der Waals surface area contributed by atoms with Crippen LogP contribution in [0, 0.1) is 0 Å². The first kappa shape index (κ1) is 18.1. The lowest BCUT2D eigenvalue weighted by Crippen LogP contribution is -2.30. The van der Waals surface area contributed by atoms with Crippen LogP contribution >= 0.6 is 11.6 Å². The van der Waals surface area contributed by atoms with Gasteiger partial charge >= 0.3 is 0 Å². The van der Waals surface area contributed by atoms with Gasteiger partial charge in [0.1, 0.15) is 23.9 Å². The van der Waals surface area contributed by atoms with Crippen molar-refractivity contribution in [2.24, 2.45) is 0 Å². The van der Waals surface area contributed by atoms with Crippen LogP contribution in [0.2, 0.25) is 5.02 Å². The molecule has 27 heavy (non-hydrogen) atoms. The maximum Gasteiger partial charge on any atom is 0.163 e. The monoisotopic (exact) mass is 384 g/mol. The number of hydrogen-bond donors (Lipinski definition) is 0. The van der Waals surface area contributed by atoms with Gasteiger partial charge in [-0.15, -0.1) is 0 Å². The molecule has 0 spiro atoms. The van der Waals surface area contributed by atoms with Gasteiger partial charge in [-0.05, 0) is 30.5 Å². The smallest absolute Gasteiger partial charge is 0.163 e. The topological polar surface area (TPSA) is 52.6 Å². The van der Waals surface area contributed by atoms with Gasteiger partial charge in [0.25, 0.3) is 0 Å². The number of rotatable bonds is 4. The van der Waals surface area contributed by atoms with E-state index in [1.807, 2.05) is 6.07 Å². The van der Waals surface area contributed by atoms with Crippen LogP contribution in [0.1, 0.15) is 50.0 Å². The standard InChI is InChI=1S/C22H21ClO4/c1-2-11-26-17-10-9-13(12-14(17)23)20-21-15(24)5-3-7-18(21)27-19-8-4-6-16(25)22(19)20/h2,9-10,12,20H,1,3-8,11H2. The van der Waals surface area contributed by atoms with Gasteiger partial charge in [-0.3, -0.25) is 9.59 Å². The minimum Gasteiger partial charge on any atom is -0.488 e. The maximum atomic E-state index is 12.7. The molecule has 4 nitrogen and oxygen atoms in total. The first-order valence-corrected chi connectivity index (χ1v) is 9.71. The summed E-state index contributed by atoms with van der Waals surface area (Å²) < 4.78 is 11.6. The lowest BCUT2D eigenvalue weighted by molar-refractivity contribution is -0.117.